The average Bonchev–Trinajstić information content (AvgIpc) is 3.00. The van der Waals surface area contributed by atoms with Crippen LogP contribution in [0.1, 0.15) is 45.2 Å². The zero-order valence-electron chi connectivity index (χ0n) is 19.0. The third-order valence-corrected chi connectivity index (χ3v) is 6.92. The zero-order chi connectivity index (χ0) is 24.4. The summed E-state index contributed by atoms with van der Waals surface area (Å²) in [7, 11) is -3.74. The van der Waals surface area contributed by atoms with Crippen LogP contribution < -0.4 is 20.7 Å². The van der Waals surface area contributed by atoms with Gasteiger partial charge in [0.2, 0.25) is 15.9 Å². The van der Waals surface area contributed by atoms with Crippen molar-refractivity contribution in [3.8, 4) is 0 Å². The highest BCUT2D eigenvalue weighted by atomic mass is 32.2. The molecule has 10 heteroatoms. The second-order valence-corrected chi connectivity index (χ2v) is 10.9. The molecule has 1 unspecified atom stereocenters. The lowest BCUT2D eigenvalue weighted by molar-refractivity contribution is -0.123. The Morgan fingerprint density at radius 3 is 2.30 bits per heavy atom. The second kappa shape index (κ2) is 8.95. The van der Waals surface area contributed by atoms with Crippen molar-refractivity contribution in [1.29, 1.82) is 0 Å². The van der Waals surface area contributed by atoms with Crippen LogP contribution in [0.2, 0.25) is 0 Å². The third kappa shape index (κ3) is 5.58. The van der Waals surface area contributed by atoms with Gasteiger partial charge in [0, 0.05) is 18.7 Å². The topological polar surface area (TPSA) is 133 Å². The van der Waals surface area contributed by atoms with Crippen LogP contribution in [0.5, 0.6) is 0 Å². The lowest BCUT2D eigenvalue weighted by Gasteiger charge is -2.21. The minimum Gasteiger partial charge on any atom is -0.326 e. The summed E-state index contributed by atoms with van der Waals surface area (Å²) in [6.07, 6.45) is -0.0853. The van der Waals surface area contributed by atoms with Crippen molar-refractivity contribution in [2.45, 2.75) is 50.0 Å². The normalized spacial score (nSPS) is 18.5. The monoisotopic (exact) mass is 472 g/mol. The third-order valence-electron chi connectivity index (χ3n) is 5.44. The van der Waals surface area contributed by atoms with Crippen LogP contribution in [0, 0.1) is 0 Å². The summed E-state index contributed by atoms with van der Waals surface area (Å²) in [5.74, 6) is -0.885. The fraction of sp³-hybridized carbons (Fsp3) is 0.348. The van der Waals surface area contributed by atoms with Gasteiger partial charge in [-0.05, 0) is 47.7 Å². The van der Waals surface area contributed by atoms with Crippen LogP contribution in [-0.2, 0) is 30.6 Å². The van der Waals surface area contributed by atoms with E-state index in [2.05, 4.69) is 20.7 Å². The van der Waals surface area contributed by atoms with Gasteiger partial charge in [-0.15, -0.1) is 0 Å². The number of nitrogens with one attached hydrogen (secondary N) is 4. The van der Waals surface area contributed by atoms with E-state index in [4.69, 9.17) is 0 Å². The number of rotatable bonds is 7. The summed E-state index contributed by atoms with van der Waals surface area (Å²) < 4.78 is 27.4. The Balaban J connectivity index is 1.58. The lowest BCUT2D eigenvalue weighted by atomic mass is 9.87. The predicted molar refractivity (Wildman–Crippen MR) is 124 cm³/mol. The maximum Gasteiger partial charge on any atom is 0.322 e. The van der Waals surface area contributed by atoms with E-state index >= 15 is 0 Å². The largest absolute Gasteiger partial charge is 0.326 e. The molecule has 0 saturated carbocycles. The summed E-state index contributed by atoms with van der Waals surface area (Å²) >= 11 is 0. The molecule has 0 aromatic heterocycles. The number of hydrogen-bond acceptors (Lipinski definition) is 5. The molecule has 1 atom stereocenters. The second-order valence-electron chi connectivity index (χ2n) is 9.08. The molecule has 2 aromatic rings. The van der Waals surface area contributed by atoms with E-state index in [1.807, 2.05) is 20.8 Å². The van der Waals surface area contributed by atoms with Crippen molar-refractivity contribution in [3.05, 3.63) is 59.7 Å². The maximum atomic E-state index is 12.5. The molecule has 1 aliphatic heterocycles. The Morgan fingerprint density at radius 1 is 1.06 bits per heavy atom. The van der Waals surface area contributed by atoms with Crippen LogP contribution in [0.3, 0.4) is 0 Å². The molecule has 1 saturated heterocycles. The van der Waals surface area contributed by atoms with Crippen LogP contribution in [0.15, 0.2) is 53.4 Å². The molecule has 4 amide bonds. The van der Waals surface area contributed by atoms with Crippen LogP contribution in [0.25, 0.3) is 0 Å². The lowest BCUT2D eigenvalue weighted by Crippen LogP contribution is -2.40. The van der Waals surface area contributed by atoms with Gasteiger partial charge in [-0.3, -0.25) is 14.9 Å². The van der Waals surface area contributed by atoms with Crippen molar-refractivity contribution >= 4 is 33.6 Å². The molecule has 2 aromatic carbocycles. The summed E-state index contributed by atoms with van der Waals surface area (Å²) in [6, 6.07) is 12.6. The molecule has 176 valence electrons. The molecule has 1 fully saturated rings. The molecule has 3 rings (SSSR count). The number of benzene rings is 2. The smallest absolute Gasteiger partial charge is 0.322 e. The van der Waals surface area contributed by atoms with E-state index in [0.29, 0.717) is 11.3 Å². The van der Waals surface area contributed by atoms with Gasteiger partial charge in [0.1, 0.15) is 5.54 Å². The SMILES string of the molecule is CC(C)(C)c1ccc(S(=O)(=O)NCCC(=O)Nc2cccc(C3(C)NC(=O)NC3=O)c2)cc1. The van der Waals surface area contributed by atoms with Crippen LogP contribution in [0.4, 0.5) is 10.5 Å². The minimum atomic E-state index is -3.74. The molecular formula is C23H28N4O5S. The number of hydrogen-bond donors (Lipinski definition) is 4. The van der Waals surface area contributed by atoms with E-state index in [1.54, 1.807) is 55.5 Å². The summed E-state index contributed by atoms with van der Waals surface area (Å²) in [5.41, 5.74) is 0.619. The minimum absolute atomic E-state index is 0.0783. The number of carbonyl (C=O) groups is 3. The fourth-order valence-corrected chi connectivity index (χ4v) is 4.43. The maximum absolute atomic E-state index is 12.5. The average molecular weight is 473 g/mol. The van der Waals surface area contributed by atoms with Gasteiger partial charge in [0.05, 0.1) is 4.90 Å². The van der Waals surface area contributed by atoms with Gasteiger partial charge in [0.15, 0.2) is 0 Å². The molecule has 9 nitrogen and oxygen atoms in total. The fourth-order valence-electron chi connectivity index (χ4n) is 3.39. The van der Waals surface area contributed by atoms with Gasteiger partial charge in [0.25, 0.3) is 5.91 Å². The Hall–Kier alpha value is -3.24. The first-order chi connectivity index (χ1) is 15.3. The molecule has 4 N–H and O–H groups in total. The molecule has 0 spiro atoms. The molecule has 33 heavy (non-hydrogen) atoms. The van der Waals surface area contributed by atoms with Crippen molar-refractivity contribution in [2.75, 3.05) is 11.9 Å². The molecule has 1 aliphatic rings. The van der Waals surface area contributed by atoms with E-state index in [0.717, 1.165) is 5.56 Å². The quantitative estimate of drug-likeness (QED) is 0.459. The summed E-state index contributed by atoms with van der Waals surface area (Å²) in [4.78, 5) is 36.1. The highest BCUT2D eigenvalue weighted by Gasteiger charge is 2.43. The van der Waals surface area contributed by atoms with E-state index in [-0.39, 0.29) is 23.3 Å². The first-order valence-electron chi connectivity index (χ1n) is 10.5. The summed E-state index contributed by atoms with van der Waals surface area (Å²) in [6.45, 7) is 7.62. The highest BCUT2D eigenvalue weighted by Crippen LogP contribution is 2.26. The highest BCUT2D eigenvalue weighted by molar-refractivity contribution is 7.89. The number of imide groups is 1. The van der Waals surface area contributed by atoms with E-state index in [1.165, 1.54) is 0 Å². The molecule has 1 heterocycles. The number of amides is 4. The molecular weight excluding hydrogens is 444 g/mol. The van der Waals surface area contributed by atoms with Crippen molar-refractivity contribution < 1.29 is 22.8 Å². The Labute approximate surface area is 193 Å². The van der Waals surface area contributed by atoms with Gasteiger partial charge >= 0.3 is 6.03 Å². The Kier molecular flexibility index (Phi) is 6.62. The van der Waals surface area contributed by atoms with E-state index < -0.39 is 33.4 Å². The standard InChI is InChI=1S/C23H28N4O5S/c1-22(2,3)15-8-10-18(11-9-15)33(31,32)24-13-12-19(28)25-17-7-5-6-16(14-17)23(4)20(29)26-21(30)27-23/h5-11,14,24H,12-13H2,1-4H3,(H,25,28)(H2,26,27,29,30). The van der Waals surface area contributed by atoms with Gasteiger partial charge < -0.3 is 10.6 Å². The first-order valence-corrected chi connectivity index (χ1v) is 11.9. The molecule has 0 bridgehead atoms. The predicted octanol–water partition coefficient (Wildman–Crippen LogP) is 2.35. The number of carbonyl (C=O) groups excluding carboxylic acids is 3. The van der Waals surface area contributed by atoms with E-state index in [9.17, 15) is 22.8 Å². The molecule has 0 radical (unpaired) electrons. The Morgan fingerprint density at radius 2 is 1.73 bits per heavy atom. The van der Waals surface area contributed by atoms with Gasteiger partial charge in [-0.25, -0.2) is 17.9 Å². The number of anilines is 1. The van der Waals surface area contributed by atoms with Gasteiger partial charge in [-0.1, -0.05) is 45.0 Å². The van der Waals surface area contributed by atoms with Crippen LogP contribution in [-0.4, -0.2) is 32.8 Å². The number of urea groups is 1. The first kappa shape index (κ1) is 24.4. The summed E-state index contributed by atoms with van der Waals surface area (Å²) in [5, 5.41) is 7.44. The Bertz CT molecular complexity index is 1190. The van der Waals surface area contributed by atoms with Crippen LogP contribution >= 0.6 is 0 Å². The number of sulfonamides is 1. The molecule has 0 aliphatic carbocycles. The zero-order valence-corrected chi connectivity index (χ0v) is 19.8. The van der Waals surface area contributed by atoms with Crippen molar-refractivity contribution in [1.82, 2.24) is 15.4 Å². The van der Waals surface area contributed by atoms with Gasteiger partial charge in [-0.2, -0.15) is 0 Å². The van der Waals surface area contributed by atoms with Crippen molar-refractivity contribution in [3.63, 3.8) is 0 Å². The van der Waals surface area contributed by atoms with Crippen molar-refractivity contribution in [2.24, 2.45) is 0 Å².